The Bertz CT molecular complexity index is 218. The Morgan fingerprint density at radius 2 is 1.93 bits per heavy atom. The van der Waals surface area contributed by atoms with E-state index in [1.165, 1.54) is 25.7 Å². The number of amides is 1. The van der Waals surface area contributed by atoms with Crippen molar-refractivity contribution in [1.29, 1.82) is 0 Å². The molecule has 1 aliphatic carbocycles. The van der Waals surface area contributed by atoms with Gasteiger partial charge in [0.1, 0.15) is 0 Å². The minimum Gasteiger partial charge on any atom is -0.342 e. The van der Waals surface area contributed by atoms with Gasteiger partial charge in [0.05, 0.1) is 5.92 Å². The summed E-state index contributed by atoms with van der Waals surface area (Å²) in [4.78, 5) is 14.2. The third-order valence-corrected chi connectivity index (χ3v) is 3.87. The van der Waals surface area contributed by atoms with Gasteiger partial charge in [0.25, 0.3) is 0 Å². The molecule has 0 radical (unpaired) electrons. The maximum Gasteiger partial charge on any atom is 0.226 e. The van der Waals surface area contributed by atoms with Crippen LogP contribution in [0.25, 0.3) is 0 Å². The van der Waals surface area contributed by atoms with E-state index in [9.17, 15) is 4.79 Å². The number of piperidine rings is 1. The summed E-state index contributed by atoms with van der Waals surface area (Å²) in [5.41, 5.74) is 0. The first-order valence-corrected chi connectivity index (χ1v) is 6.26. The molecule has 15 heavy (non-hydrogen) atoms. The van der Waals surface area contributed by atoms with E-state index in [1.54, 1.807) is 0 Å². The van der Waals surface area contributed by atoms with Crippen molar-refractivity contribution in [3.63, 3.8) is 0 Å². The molecule has 1 saturated heterocycles. The van der Waals surface area contributed by atoms with Crippen molar-refractivity contribution in [3.8, 4) is 0 Å². The van der Waals surface area contributed by atoms with Crippen LogP contribution >= 0.6 is 0 Å². The minimum absolute atomic E-state index is 0.240. The van der Waals surface area contributed by atoms with Gasteiger partial charge in [-0.15, -0.1) is 0 Å². The molecule has 2 rings (SSSR count). The van der Waals surface area contributed by atoms with Crippen LogP contribution < -0.4 is 5.32 Å². The number of hydrogen-bond acceptors (Lipinski definition) is 2. The monoisotopic (exact) mass is 210 g/mol. The van der Waals surface area contributed by atoms with E-state index in [4.69, 9.17) is 0 Å². The number of carbonyl (C=O) groups excluding carboxylic acids is 1. The molecule has 2 fully saturated rings. The van der Waals surface area contributed by atoms with E-state index in [-0.39, 0.29) is 5.92 Å². The highest BCUT2D eigenvalue weighted by atomic mass is 16.2. The largest absolute Gasteiger partial charge is 0.342 e. The second-order valence-electron chi connectivity index (χ2n) is 4.93. The first-order valence-electron chi connectivity index (χ1n) is 6.26. The molecule has 0 bridgehead atoms. The molecule has 0 unspecified atom stereocenters. The molecular formula is C12H22N2O. The Hall–Kier alpha value is -0.570. The number of carbonyl (C=O) groups is 1. The third-order valence-electron chi connectivity index (χ3n) is 3.87. The number of hydrogen-bond donors (Lipinski definition) is 1. The van der Waals surface area contributed by atoms with Crippen molar-refractivity contribution in [2.75, 3.05) is 20.1 Å². The fourth-order valence-corrected chi connectivity index (χ4v) is 2.82. The zero-order valence-electron chi connectivity index (χ0n) is 9.67. The Kier molecular flexibility index (Phi) is 3.62. The SMILES string of the molecule is CN(C(=O)[C@H]1CCCNC1)C1CCCC1. The lowest BCUT2D eigenvalue weighted by molar-refractivity contribution is -0.136. The summed E-state index contributed by atoms with van der Waals surface area (Å²) >= 11 is 0. The predicted molar refractivity (Wildman–Crippen MR) is 60.6 cm³/mol. The highest BCUT2D eigenvalue weighted by molar-refractivity contribution is 5.79. The van der Waals surface area contributed by atoms with Crippen molar-refractivity contribution in [3.05, 3.63) is 0 Å². The first kappa shape index (κ1) is 10.9. The highest BCUT2D eigenvalue weighted by Gasteiger charge is 2.29. The summed E-state index contributed by atoms with van der Waals surface area (Å²) in [5.74, 6) is 0.610. The highest BCUT2D eigenvalue weighted by Crippen LogP contribution is 2.24. The third kappa shape index (κ3) is 2.51. The summed E-state index contributed by atoms with van der Waals surface area (Å²) < 4.78 is 0. The average Bonchev–Trinajstić information content (AvgIpc) is 2.82. The molecule has 1 saturated carbocycles. The van der Waals surface area contributed by atoms with Gasteiger partial charge >= 0.3 is 0 Å². The van der Waals surface area contributed by atoms with Gasteiger partial charge in [0, 0.05) is 19.6 Å². The second kappa shape index (κ2) is 4.97. The first-order chi connectivity index (χ1) is 7.29. The van der Waals surface area contributed by atoms with E-state index >= 15 is 0 Å². The van der Waals surface area contributed by atoms with Crippen molar-refractivity contribution in [2.24, 2.45) is 5.92 Å². The smallest absolute Gasteiger partial charge is 0.226 e. The molecule has 1 amide bonds. The molecule has 2 aliphatic rings. The molecule has 0 spiro atoms. The molecule has 1 aliphatic heterocycles. The van der Waals surface area contributed by atoms with Gasteiger partial charge in [0.2, 0.25) is 5.91 Å². The topological polar surface area (TPSA) is 32.3 Å². The molecule has 1 atom stereocenters. The average molecular weight is 210 g/mol. The molecule has 86 valence electrons. The van der Waals surface area contributed by atoms with Gasteiger partial charge in [0.15, 0.2) is 0 Å². The molecule has 1 N–H and O–H groups in total. The minimum atomic E-state index is 0.240. The van der Waals surface area contributed by atoms with Gasteiger partial charge in [-0.3, -0.25) is 4.79 Å². The summed E-state index contributed by atoms with van der Waals surface area (Å²) in [6, 6.07) is 0.527. The van der Waals surface area contributed by atoms with Crippen LogP contribution in [0.3, 0.4) is 0 Å². The van der Waals surface area contributed by atoms with Crippen molar-refractivity contribution in [2.45, 2.75) is 44.6 Å². The Morgan fingerprint density at radius 1 is 1.20 bits per heavy atom. The normalized spacial score (nSPS) is 27.9. The van der Waals surface area contributed by atoms with Crippen LogP contribution in [0.5, 0.6) is 0 Å². The Labute approximate surface area is 92.2 Å². The zero-order chi connectivity index (χ0) is 10.7. The standard InChI is InChI=1S/C12H22N2O/c1-14(11-6-2-3-7-11)12(15)10-5-4-8-13-9-10/h10-11,13H,2-9H2,1H3/t10-/m0/s1. The van der Waals surface area contributed by atoms with Crippen molar-refractivity contribution < 1.29 is 4.79 Å². The summed E-state index contributed by atoms with van der Waals surface area (Å²) in [5, 5.41) is 3.31. The van der Waals surface area contributed by atoms with Crippen molar-refractivity contribution >= 4 is 5.91 Å². The van der Waals surface area contributed by atoms with Crippen LogP contribution in [0.2, 0.25) is 0 Å². The van der Waals surface area contributed by atoms with Crippen molar-refractivity contribution in [1.82, 2.24) is 10.2 Å². The van der Waals surface area contributed by atoms with Crippen LogP contribution in [0.1, 0.15) is 38.5 Å². The van der Waals surface area contributed by atoms with E-state index < -0.39 is 0 Å². The molecule has 0 aromatic rings. The predicted octanol–water partition coefficient (Wildman–Crippen LogP) is 1.39. The van der Waals surface area contributed by atoms with Gasteiger partial charge in [-0.2, -0.15) is 0 Å². The number of rotatable bonds is 2. The Morgan fingerprint density at radius 3 is 2.53 bits per heavy atom. The van der Waals surface area contributed by atoms with Gasteiger partial charge < -0.3 is 10.2 Å². The molecule has 3 heteroatoms. The summed E-state index contributed by atoms with van der Waals surface area (Å²) in [6.45, 7) is 1.97. The quantitative estimate of drug-likeness (QED) is 0.747. The lowest BCUT2D eigenvalue weighted by Crippen LogP contribution is -2.44. The van der Waals surface area contributed by atoms with E-state index in [0.717, 1.165) is 25.9 Å². The molecule has 0 aromatic carbocycles. The van der Waals surface area contributed by atoms with E-state index in [2.05, 4.69) is 5.32 Å². The Balaban J connectivity index is 1.87. The molecule has 0 aromatic heterocycles. The lowest BCUT2D eigenvalue weighted by Gasteiger charge is -2.30. The van der Waals surface area contributed by atoms with Crippen LogP contribution in [-0.2, 0) is 4.79 Å². The number of nitrogens with one attached hydrogen (secondary N) is 1. The summed E-state index contributed by atoms with van der Waals surface area (Å²) in [7, 11) is 1.99. The molecule has 1 heterocycles. The van der Waals surface area contributed by atoms with Gasteiger partial charge in [-0.05, 0) is 32.2 Å². The number of nitrogens with zero attached hydrogens (tertiary/aromatic N) is 1. The van der Waals surface area contributed by atoms with Crippen LogP contribution in [0.4, 0.5) is 0 Å². The van der Waals surface area contributed by atoms with E-state index in [1.807, 2.05) is 11.9 Å². The van der Waals surface area contributed by atoms with Crippen LogP contribution in [-0.4, -0.2) is 37.0 Å². The molecule has 3 nitrogen and oxygen atoms in total. The van der Waals surface area contributed by atoms with Gasteiger partial charge in [-0.25, -0.2) is 0 Å². The fourth-order valence-electron chi connectivity index (χ4n) is 2.82. The van der Waals surface area contributed by atoms with Gasteiger partial charge in [-0.1, -0.05) is 12.8 Å². The molecular weight excluding hydrogens is 188 g/mol. The maximum absolute atomic E-state index is 12.2. The summed E-state index contributed by atoms with van der Waals surface area (Å²) in [6.07, 6.45) is 7.24. The zero-order valence-corrected chi connectivity index (χ0v) is 9.67. The van der Waals surface area contributed by atoms with Crippen LogP contribution in [0.15, 0.2) is 0 Å². The fraction of sp³-hybridized carbons (Fsp3) is 0.917. The van der Waals surface area contributed by atoms with Crippen LogP contribution in [0, 0.1) is 5.92 Å². The van der Waals surface area contributed by atoms with E-state index in [0.29, 0.717) is 11.9 Å². The maximum atomic E-state index is 12.2. The lowest BCUT2D eigenvalue weighted by atomic mass is 9.97. The second-order valence-corrected chi connectivity index (χ2v) is 4.93.